The van der Waals surface area contributed by atoms with Crippen molar-refractivity contribution in [1.82, 2.24) is 20.4 Å². The number of carbonyl (C=O) groups is 6. The van der Waals surface area contributed by atoms with Gasteiger partial charge in [0.15, 0.2) is 11.4 Å². The van der Waals surface area contributed by atoms with Crippen molar-refractivity contribution in [2.75, 3.05) is 13.2 Å². The minimum Gasteiger partial charge on any atom is -0.476 e. The molecule has 2 aromatic heterocycles. The Bertz CT molecular complexity index is 1450. The number of aromatic carboxylic acids is 1. The number of ketones is 3. The van der Waals surface area contributed by atoms with Gasteiger partial charge in [-0.25, -0.2) is 14.4 Å². The highest BCUT2D eigenvalue weighted by atomic mass is 16.5. The zero-order chi connectivity index (χ0) is 37.0. The van der Waals surface area contributed by atoms with E-state index >= 15 is 0 Å². The van der Waals surface area contributed by atoms with E-state index in [1.54, 1.807) is 6.92 Å². The Morgan fingerprint density at radius 1 is 0.627 bits per heavy atom. The van der Waals surface area contributed by atoms with Crippen LogP contribution in [0, 0.1) is 5.92 Å². The first kappa shape index (κ1) is 41.3. The summed E-state index contributed by atoms with van der Waals surface area (Å²) < 4.78 is 9.58. The molecule has 1 atom stereocenters. The molecule has 2 saturated carbocycles. The van der Waals surface area contributed by atoms with Gasteiger partial charge in [0.25, 0.3) is 0 Å². The molecule has 0 spiro atoms. The number of carboxylic acids is 1. The van der Waals surface area contributed by atoms with E-state index in [0.29, 0.717) is 30.9 Å². The summed E-state index contributed by atoms with van der Waals surface area (Å²) in [7, 11) is 0. The van der Waals surface area contributed by atoms with Crippen LogP contribution in [0.1, 0.15) is 166 Å². The van der Waals surface area contributed by atoms with Gasteiger partial charge in [-0.1, -0.05) is 38.5 Å². The van der Waals surface area contributed by atoms with Crippen molar-refractivity contribution in [1.29, 1.82) is 0 Å². The minimum atomic E-state index is -0.917. The smallest absolute Gasteiger partial charge is 0.375 e. The zero-order valence-electron chi connectivity index (χ0n) is 30.4. The fourth-order valence-electron chi connectivity index (χ4n) is 6.76. The van der Waals surface area contributed by atoms with Gasteiger partial charge in [0.2, 0.25) is 5.78 Å². The molecule has 0 bridgehead atoms. The van der Waals surface area contributed by atoms with Crippen molar-refractivity contribution in [2.45, 2.75) is 149 Å². The van der Waals surface area contributed by atoms with Crippen LogP contribution in [0.5, 0.6) is 0 Å². The van der Waals surface area contributed by atoms with Gasteiger partial charge in [0.1, 0.15) is 11.6 Å². The van der Waals surface area contributed by atoms with Crippen LogP contribution in [0.15, 0.2) is 0 Å². The van der Waals surface area contributed by atoms with E-state index in [1.165, 1.54) is 32.1 Å². The molecule has 0 radical (unpaired) electrons. The summed E-state index contributed by atoms with van der Waals surface area (Å²) in [6.45, 7) is 4.02. The van der Waals surface area contributed by atoms with Gasteiger partial charge < -0.3 is 14.6 Å². The molecule has 4 aliphatic carbocycles. The molecule has 6 rings (SSSR count). The Hall–Kier alpha value is -4.16. The van der Waals surface area contributed by atoms with Crippen LogP contribution >= 0.6 is 0 Å². The van der Waals surface area contributed by atoms with E-state index in [4.69, 9.17) is 9.84 Å². The molecule has 13 heteroatoms. The monoisotopic (exact) mass is 712 g/mol. The number of aromatic nitrogens is 4. The van der Waals surface area contributed by atoms with Crippen LogP contribution in [0.2, 0.25) is 0 Å². The second-order valence-electron chi connectivity index (χ2n) is 13.4. The number of esters is 2. The van der Waals surface area contributed by atoms with E-state index in [-0.39, 0.29) is 24.1 Å². The second kappa shape index (κ2) is 22.6. The number of hydrogen-bond donors (Lipinski definition) is 3. The number of carboxylic acid groups (broad SMARTS) is 1. The topological polar surface area (TPSA) is 198 Å². The molecule has 2 fully saturated rings. The van der Waals surface area contributed by atoms with Gasteiger partial charge in [-0.15, -0.1) is 0 Å². The standard InChI is InChI=1S/C11H16N2O2.C11H16O4.C9H12N2O2.C7H12O/c1-2-15-11(14)10-8-6-4-3-5-7-9(8)12-13-10;1-2-15-11(14)10(13)8-6-4-3-5-7-9(8)12;12-9(13)8-6-4-2-1-3-5-7(6)10-11-8;8-7-5-3-1-2-4-6-7/h2-7H2,1H3,(H,12,13);8H,2-7H2,1H3;1-5H2,(H,10,11)(H,12,13);1-6H2. The van der Waals surface area contributed by atoms with Crippen molar-refractivity contribution in [3.8, 4) is 0 Å². The summed E-state index contributed by atoms with van der Waals surface area (Å²) in [5.41, 5.74) is 4.85. The third-order valence-electron chi connectivity index (χ3n) is 9.54. The van der Waals surface area contributed by atoms with Gasteiger partial charge in [0.05, 0.1) is 19.1 Å². The Labute approximate surface area is 300 Å². The number of nitrogens with one attached hydrogen (secondary N) is 2. The van der Waals surface area contributed by atoms with Gasteiger partial charge in [0, 0.05) is 41.8 Å². The maximum absolute atomic E-state index is 11.6. The van der Waals surface area contributed by atoms with Crippen molar-refractivity contribution < 1.29 is 43.3 Å². The number of hydrogen-bond acceptors (Lipinski definition) is 10. The van der Waals surface area contributed by atoms with Gasteiger partial charge in [-0.2, -0.15) is 10.2 Å². The van der Waals surface area contributed by atoms with Gasteiger partial charge in [-0.05, 0) is 90.9 Å². The number of rotatable bonds is 6. The molecule has 2 heterocycles. The average Bonchev–Trinajstić information content (AvgIpc) is 3.31. The summed E-state index contributed by atoms with van der Waals surface area (Å²) in [6, 6.07) is 0. The largest absolute Gasteiger partial charge is 0.476 e. The number of H-pyrrole nitrogens is 2. The lowest BCUT2D eigenvalue weighted by Crippen LogP contribution is -2.30. The first-order valence-electron chi connectivity index (χ1n) is 19.0. The molecule has 0 amide bonds. The van der Waals surface area contributed by atoms with E-state index < -0.39 is 23.6 Å². The molecule has 3 N–H and O–H groups in total. The number of aromatic amines is 2. The normalized spacial score (nSPS) is 18.7. The quantitative estimate of drug-likeness (QED) is 0.0983. The Balaban J connectivity index is 0.000000188. The van der Waals surface area contributed by atoms with Crippen LogP contribution in [-0.2, 0) is 54.3 Å². The zero-order valence-corrected chi connectivity index (χ0v) is 30.4. The van der Waals surface area contributed by atoms with Crippen molar-refractivity contribution >= 4 is 35.3 Å². The lowest BCUT2D eigenvalue weighted by atomic mass is 9.94. The van der Waals surface area contributed by atoms with Crippen LogP contribution < -0.4 is 0 Å². The number of nitrogens with zero attached hydrogens (tertiary/aromatic N) is 2. The molecule has 4 aliphatic rings. The van der Waals surface area contributed by atoms with Crippen molar-refractivity contribution in [3.63, 3.8) is 0 Å². The van der Waals surface area contributed by atoms with Crippen LogP contribution in [0.3, 0.4) is 0 Å². The predicted molar refractivity (Wildman–Crippen MR) is 189 cm³/mol. The lowest BCUT2D eigenvalue weighted by molar-refractivity contribution is -0.156. The average molecular weight is 713 g/mol. The molecular weight excluding hydrogens is 656 g/mol. The first-order valence-corrected chi connectivity index (χ1v) is 19.0. The highest BCUT2D eigenvalue weighted by Crippen LogP contribution is 2.23. The van der Waals surface area contributed by atoms with E-state index in [2.05, 4.69) is 25.1 Å². The molecule has 51 heavy (non-hydrogen) atoms. The highest BCUT2D eigenvalue weighted by molar-refractivity contribution is 6.38. The van der Waals surface area contributed by atoms with Crippen LogP contribution in [0.25, 0.3) is 0 Å². The van der Waals surface area contributed by atoms with Gasteiger partial charge in [-0.3, -0.25) is 24.6 Å². The first-order chi connectivity index (χ1) is 24.7. The fourth-order valence-corrected chi connectivity index (χ4v) is 6.76. The number of ether oxygens (including phenoxy) is 2. The summed E-state index contributed by atoms with van der Waals surface area (Å²) in [4.78, 5) is 67.3. The van der Waals surface area contributed by atoms with Crippen molar-refractivity contribution in [2.24, 2.45) is 5.92 Å². The van der Waals surface area contributed by atoms with E-state index in [9.17, 15) is 28.8 Å². The lowest BCUT2D eigenvalue weighted by Gasteiger charge is -2.09. The summed E-state index contributed by atoms with van der Waals surface area (Å²) >= 11 is 0. The van der Waals surface area contributed by atoms with E-state index in [0.717, 1.165) is 112 Å². The molecule has 2 aromatic rings. The Morgan fingerprint density at radius 2 is 1.10 bits per heavy atom. The SMILES string of the molecule is CCOC(=O)C(=O)C1CCCCCC1=O.CCOC(=O)c1n[nH]c2c1CCCCC2.O=C(O)c1n[nH]c2c1CCCCC2.O=C1CCCCCC1. The number of fused-ring (bicyclic) bond motifs is 2. The Kier molecular flexibility index (Phi) is 18.3. The number of aryl methyl sites for hydroxylation is 2. The van der Waals surface area contributed by atoms with Crippen LogP contribution in [0.4, 0.5) is 0 Å². The Morgan fingerprint density at radius 3 is 1.67 bits per heavy atom. The number of Topliss-reactive ketones (excluding diaryl/α,β-unsaturated/α-hetero) is 3. The molecule has 13 nitrogen and oxygen atoms in total. The maximum Gasteiger partial charge on any atom is 0.375 e. The summed E-state index contributed by atoms with van der Waals surface area (Å²) in [6.07, 6.45) is 20.7. The van der Waals surface area contributed by atoms with Crippen molar-refractivity contribution in [3.05, 3.63) is 33.9 Å². The molecular formula is C38H56N4O9. The van der Waals surface area contributed by atoms with Gasteiger partial charge >= 0.3 is 17.9 Å². The second-order valence-corrected chi connectivity index (χ2v) is 13.4. The predicted octanol–water partition coefficient (Wildman–Crippen LogP) is 6.41. The highest BCUT2D eigenvalue weighted by Gasteiger charge is 2.32. The molecule has 1 unspecified atom stereocenters. The third kappa shape index (κ3) is 13.5. The minimum absolute atomic E-state index is 0.106. The third-order valence-corrected chi connectivity index (χ3v) is 9.54. The molecule has 0 saturated heterocycles. The molecule has 0 aliphatic heterocycles. The maximum atomic E-state index is 11.6. The summed E-state index contributed by atoms with van der Waals surface area (Å²) in [5, 5.41) is 22.5. The van der Waals surface area contributed by atoms with Crippen LogP contribution in [-0.4, -0.2) is 74.0 Å². The summed E-state index contributed by atoms with van der Waals surface area (Å²) in [5.74, 6) is -3.11. The fraction of sp³-hybridized carbons (Fsp3) is 0.684. The molecule has 282 valence electrons. The number of carbonyl (C=O) groups excluding carboxylic acids is 5. The molecule has 0 aromatic carbocycles. The van der Waals surface area contributed by atoms with E-state index in [1.807, 2.05) is 6.92 Å².